The molecule has 2 heterocycles. The van der Waals surface area contributed by atoms with Gasteiger partial charge in [-0.1, -0.05) is 0 Å². The van der Waals surface area contributed by atoms with Crippen molar-refractivity contribution in [1.29, 1.82) is 0 Å². The van der Waals surface area contributed by atoms with Gasteiger partial charge in [0.15, 0.2) is 0 Å². The number of rotatable bonds is 5. The maximum absolute atomic E-state index is 12.2. The SMILES string of the molecule is CCOc1ccc2cc(C(=O)NCc3nc(C)c(C)o3)[nH]c2c1. The number of carbonyl (C=O) groups excluding carboxylic acids is 1. The van der Waals surface area contributed by atoms with E-state index in [0.717, 1.165) is 28.1 Å². The Morgan fingerprint density at radius 3 is 2.87 bits per heavy atom. The topological polar surface area (TPSA) is 80.2 Å². The molecule has 0 aliphatic carbocycles. The molecular weight excluding hydrogens is 294 g/mol. The van der Waals surface area contributed by atoms with Crippen molar-refractivity contribution in [1.82, 2.24) is 15.3 Å². The Balaban J connectivity index is 1.72. The smallest absolute Gasteiger partial charge is 0.268 e. The fraction of sp³-hybridized carbons (Fsp3) is 0.294. The first-order valence-electron chi connectivity index (χ1n) is 7.53. The lowest BCUT2D eigenvalue weighted by Crippen LogP contribution is -2.23. The Morgan fingerprint density at radius 2 is 2.17 bits per heavy atom. The molecule has 0 aliphatic rings. The van der Waals surface area contributed by atoms with Gasteiger partial charge in [0.05, 0.1) is 18.8 Å². The van der Waals surface area contributed by atoms with Gasteiger partial charge in [-0.25, -0.2) is 4.98 Å². The third kappa shape index (κ3) is 3.21. The highest BCUT2D eigenvalue weighted by atomic mass is 16.5. The summed E-state index contributed by atoms with van der Waals surface area (Å²) in [6, 6.07) is 7.51. The van der Waals surface area contributed by atoms with Crippen molar-refractivity contribution >= 4 is 16.8 Å². The number of nitrogens with one attached hydrogen (secondary N) is 2. The minimum absolute atomic E-state index is 0.201. The Labute approximate surface area is 133 Å². The van der Waals surface area contributed by atoms with Crippen LogP contribution in [0.2, 0.25) is 0 Å². The van der Waals surface area contributed by atoms with E-state index in [1.807, 2.05) is 45.0 Å². The van der Waals surface area contributed by atoms with Gasteiger partial charge in [-0.3, -0.25) is 4.79 Å². The number of hydrogen-bond donors (Lipinski definition) is 2. The van der Waals surface area contributed by atoms with Crippen molar-refractivity contribution in [3.05, 3.63) is 47.3 Å². The van der Waals surface area contributed by atoms with Crippen molar-refractivity contribution < 1.29 is 13.9 Å². The van der Waals surface area contributed by atoms with Gasteiger partial charge in [-0.15, -0.1) is 0 Å². The predicted octanol–water partition coefficient (Wildman–Crippen LogP) is 3.10. The maximum atomic E-state index is 12.2. The molecule has 3 aromatic rings. The number of carbonyl (C=O) groups is 1. The monoisotopic (exact) mass is 313 g/mol. The van der Waals surface area contributed by atoms with Crippen molar-refractivity contribution in [2.45, 2.75) is 27.3 Å². The molecule has 0 fully saturated rings. The van der Waals surface area contributed by atoms with Crippen molar-refractivity contribution in [2.75, 3.05) is 6.61 Å². The van der Waals surface area contributed by atoms with E-state index in [1.165, 1.54) is 0 Å². The number of hydrogen-bond acceptors (Lipinski definition) is 4. The van der Waals surface area contributed by atoms with Crippen LogP contribution in [0.15, 0.2) is 28.7 Å². The second-order valence-corrected chi connectivity index (χ2v) is 5.30. The van der Waals surface area contributed by atoms with E-state index in [-0.39, 0.29) is 12.5 Å². The standard InChI is InChI=1S/C17H19N3O3/c1-4-22-13-6-5-12-7-15(20-14(12)8-13)17(21)18-9-16-19-10(2)11(3)23-16/h5-8,20H,4,9H2,1-3H3,(H,18,21). The van der Waals surface area contributed by atoms with Crippen LogP contribution in [-0.2, 0) is 6.54 Å². The average Bonchev–Trinajstić information content (AvgIpc) is 3.08. The Hall–Kier alpha value is -2.76. The molecule has 2 N–H and O–H groups in total. The molecule has 120 valence electrons. The molecule has 0 spiro atoms. The molecule has 6 heteroatoms. The maximum Gasteiger partial charge on any atom is 0.268 e. The first-order valence-corrected chi connectivity index (χ1v) is 7.53. The molecule has 0 aliphatic heterocycles. The van der Waals surface area contributed by atoms with Crippen LogP contribution in [0.4, 0.5) is 0 Å². The summed E-state index contributed by atoms with van der Waals surface area (Å²) in [5.41, 5.74) is 2.20. The van der Waals surface area contributed by atoms with E-state index in [1.54, 1.807) is 0 Å². The summed E-state index contributed by atoms with van der Waals surface area (Å²) in [6.07, 6.45) is 0. The minimum Gasteiger partial charge on any atom is -0.494 e. The zero-order valence-electron chi connectivity index (χ0n) is 13.4. The highest BCUT2D eigenvalue weighted by Gasteiger charge is 2.12. The summed E-state index contributed by atoms with van der Waals surface area (Å²) in [5.74, 6) is 1.85. The number of fused-ring (bicyclic) bond motifs is 1. The average molecular weight is 313 g/mol. The molecule has 0 bridgehead atoms. The third-order valence-electron chi connectivity index (χ3n) is 3.62. The Bertz CT molecular complexity index is 829. The molecule has 0 radical (unpaired) electrons. The lowest BCUT2D eigenvalue weighted by Gasteiger charge is -2.01. The van der Waals surface area contributed by atoms with E-state index in [9.17, 15) is 4.79 Å². The van der Waals surface area contributed by atoms with Gasteiger partial charge in [-0.2, -0.15) is 0 Å². The third-order valence-corrected chi connectivity index (χ3v) is 3.62. The zero-order chi connectivity index (χ0) is 16.4. The normalized spacial score (nSPS) is 10.9. The number of benzene rings is 1. The number of aromatic nitrogens is 2. The van der Waals surface area contributed by atoms with E-state index in [4.69, 9.17) is 9.15 Å². The molecule has 0 atom stereocenters. The van der Waals surface area contributed by atoms with E-state index < -0.39 is 0 Å². The molecule has 1 aromatic carbocycles. The van der Waals surface area contributed by atoms with Gasteiger partial charge in [0.2, 0.25) is 5.89 Å². The van der Waals surface area contributed by atoms with Gasteiger partial charge in [0.25, 0.3) is 5.91 Å². The number of aryl methyl sites for hydroxylation is 2. The lowest BCUT2D eigenvalue weighted by atomic mass is 10.2. The largest absolute Gasteiger partial charge is 0.494 e. The minimum atomic E-state index is -0.201. The number of nitrogens with zero attached hydrogens (tertiary/aromatic N) is 1. The van der Waals surface area contributed by atoms with Crippen LogP contribution in [0.1, 0.15) is 34.8 Å². The van der Waals surface area contributed by atoms with Crippen LogP contribution in [0.5, 0.6) is 5.75 Å². The second-order valence-electron chi connectivity index (χ2n) is 5.30. The van der Waals surface area contributed by atoms with E-state index >= 15 is 0 Å². The summed E-state index contributed by atoms with van der Waals surface area (Å²) in [7, 11) is 0. The number of oxazole rings is 1. The second kappa shape index (κ2) is 6.16. The molecule has 1 amide bonds. The number of aromatic amines is 1. The van der Waals surface area contributed by atoms with Gasteiger partial charge in [-0.05, 0) is 39.0 Å². The van der Waals surface area contributed by atoms with Gasteiger partial charge >= 0.3 is 0 Å². The number of ether oxygens (including phenoxy) is 1. The van der Waals surface area contributed by atoms with Crippen LogP contribution in [0.3, 0.4) is 0 Å². The van der Waals surface area contributed by atoms with Crippen molar-refractivity contribution in [2.24, 2.45) is 0 Å². The summed E-state index contributed by atoms with van der Waals surface area (Å²) < 4.78 is 10.9. The molecule has 6 nitrogen and oxygen atoms in total. The van der Waals surface area contributed by atoms with Gasteiger partial charge in [0, 0.05) is 17.0 Å². The van der Waals surface area contributed by atoms with Crippen LogP contribution in [0, 0.1) is 13.8 Å². The quantitative estimate of drug-likeness (QED) is 0.758. The molecule has 23 heavy (non-hydrogen) atoms. The molecule has 0 saturated carbocycles. The van der Waals surface area contributed by atoms with E-state index in [2.05, 4.69) is 15.3 Å². The summed E-state index contributed by atoms with van der Waals surface area (Å²) in [4.78, 5) is 19.6. The number of amides is 1. The highest BCUT2D eigenvalue weighted by Crippen LogP contribution is 2.21. The van der Waals surface area contributed by atoms with E-state index in [0.29, 0.717) is 18.2 Å². The molecule has 0 saturated heterocycles. The highest BCUT2D eigenvalue weighted by molar-refractivity contribution is 5.98. The van der Waals surface area contributed by atoms with Crippen molar-refractivity contribution in [3.63, 3.8) is 0 Å². The predicted molar refractivity (Wildman–Crippen MR) is 86.6 cm³/mol. The fourth-order valence-corrected chi connectivity index (χ4v) is 2.35. The molecule has 2 aromatic heterocycles. The summed E-state index contributed by atoms with van der Waals surface area (Å²) >= 11 is 0. The number of H-pyrrole nitrogens is 1. The fourth-order valence-electron chi connectivity index (χ4n) is 2.35. The molecule has 3 rings (SSSR count). The van der Waals surface area contributed by atoms with Crippen LogP contribution in [-0.4, -0.2) is 22.5 Å². The first kappa shape index (κ1) is 15.1. The first-order chi connectivity index (χ1) is 11.1. The van der Waals surface area contributed by atoms with Crippen LogP contribution < -0.4 is 10.1 Å². The zero-order valence-corrected chi connectivity index (χ0v) is 13.4. The van der Waals surface area contributed by atoms with Crippen LogP contribution >= 0.6 is 0 Å². The molecular formula is C17H19N3O3. The summed E-state index contributed by atoms with van der Waals surface area (Å²) in [5, 5.41) is 3.76. The summed E-state index contributed by atoms with van der Waals surface area (Å²) in [6.45, 7) is 6.52. The Kier molecular flexibility index (Phi) is 4.06. The Morgan fingerprint density at radius 1 is 1.35 bits per heavy atom. The van der Waals surface area contributed by atoms with Crippen molar-refractivity contribution in [3.8, 4) is 5.75 Å². The lowest BCUT2D eigenvalue weighted by molar-refractivity contribution is 0.0943. The molecule has 0 unspecified atom stereocenters. The van der Waals surface area contributed by atoms with Gasteiger partial charge < -0.3 is 19.5 Å². The van der Waals surface area contributed by atoms with Crippen LogP contribution in [0.25, 0.3) is 10.9 Å². The van der Waals surface area contributed by atoms with Gasteiger partial charge in [0.1, 0.15) is 17.2 Å².